The molecule has 260 valence electrons. The number of piperazine rings is 1. The topological polar surface area (TPSA) is 125 Å². The maximum Gasteiger partial charge on any atom is 0.271 e. The SMILES string of the molecule is CN[C@@H](C)C(=O)N[C@H](C(=O)N1CCN(C(=O)c2c(C(=O)N3CCC[C@@H]3COC)c3ccc(OC)cc3n2C)CC1)C1CCCCC1.Cl. The first-order chi connectivity index (χ1) is 22.2. The van der Waals surface area contributed by atoms with E-state index >= 15 is 0 Å². The lowest BCUT2D eigenvalue weighted by Crippen LogP contribution is -2.59. The minimum atomic E-state index is -0.580. The van der Waals surface area contributed by atoms with Gasteiger partial charge < -0.3 is 39.4 Å². The Bertz CT molecular complexity index is 1430. The Morgan fingerprint density at radius 1 is 0.915 bits per heavy atom. The van der Waals surface area contributed by atoms with Gasteiger partial charge in [0.2, 0.25) is 11.8 Å². The van der Waals surface area contributed by atoms with Crippen molar-refractivity contribution in [3.05, 3.63) is 29.5 Å². The van der Waals surface area contributed by atoms with E-state index in [2.05, 4.69) is 10.6 Å². The van der Waals surface area contributed by atoms with E-state index in [4.69, 9.17) is 9.47 Å². The molecule has 3 fully saturated rings. The molecule has 0 spiro atoms. The van der Waals surface area contributed by atoms with Crippen LogP contribution in [0, 0.1) is 5.92 Å². The molecule has 1 aliphatic carbocycles. The first-order valence-corrected chi connectivity index (χ1v) is 16.7. The summed E-state index contributed by atoms with van der Waals surface area (Å²) >= 11 is 0. The van der Waals surface area contributed by atoms with E-state index < -0.39 is 12.1 Å². The molecule has 12 nitrogen and oxygen atoms in total. The van der Waals surface area contributed by atoms with Crippen molar-refractivity contribution in [3.8, 4) is 5.75 Å². The summed E-state index contributed by atoms with van der Waals surface area (Å²) in [5.41, 5.74) is 1.47. The Balaban J connectivity index is 0.00000500. The van der Waals surface area contributed by atoms with Crippen molar-refractivity contribution < 1.29 is 28.7 Å². The summed E-state index contributed by atoms with van der Waals surface area (Å²) in [6.07, 6.45) is 6.81. The molecule has 2 aromatic rings. The van der Waals surface area contributed by atoms with Gasteiger partial charge in [-0.25, -0.2) is 0 Å². The molecule has 3 heterocycles. The number of nitrogens with zero attached hydrogens (tertiary/aromatic N) is 4. The number of nitrogens with one attached hydrogen (secondary N) is 2. The molecule has 2 aliphatic heterocycles. The fourth-order valence-electron chi connectivity index (χ4n) is 7.36. The Hall–Kier alpha value is -3.35. The minimum absolute atomic E-state index is 0. The molecule has 1 saturated carbocycles. The molecule has 0 unspecified atom stereocenters. The van der Waals surface area contributed by atoms with Crippen molar-refractivity contribution in [2.75, 3.05) is 60.6 Å². The summed E-state index contributed by atoms with van der Waals surface area (Å²) in [7, 11) is 6.77. The van der Waals surface area contributed by atoms with Crippen LogP contribution < -0.4 is 15.4 Å². The van der Waals surface area contributed by atoms with Crippen LogP contribution in [-0.4, -0.2) is 122 Å². The van der Waals surface area contributed by atoms with Gasteiger partial charge in [-0.2, -0.15) is 0 Å². The lowest BCUT2D eigenvalue weighted by Gasteiger charge is -2.39. The van der Waals surface area contributed by atoms with Crippen LogP contribution in [0.5, 0.6) is 5.75 Å². The second-order valence-corrected chi connectivity index (χ2v) is 12.9. The number of ether oxygens (including phenoxy) is 2. The predicted molar refractivity (Wildman–Crippen MR) is 182 cm³/mol. The highest BCUT2D eigenvalue weighted by atomic mass is 35.5. The van der Waals surface area contributed by atoms with Crippen LogP contribution in [0.2, 0.25) is 0 Å². The number of hydrogen-bond acceptors (Lipinski definition) is 7. The molecular weight excluding hydrogens is 624 g/mol. The molecule has 1 aromatic carbocycles. The number of hydrogen-bond donors (Lipinski definition) is 2. The number of aryl methyl sites for hydroxylation is 1. The number of benzene rings is 1. The summed E-state index contributed by atoms with van der Waals surface area (Å²) in [4.78, 5) is 60.6. The minimum Gasteiger partial charge on any atom is -0.497 e. The molecule has 5 rings (SSSR count). The monoisotopic (exact) mass is 674 g/mol. The fraction of sp³-hybridized carbons (Fsp3) is 0.647. The zero-order chi connectivity index (χ0) is 33.0. The smallest absolute Gasteiger partial charge is 0.271 e. The molecule has 3 aliphatic rings. The Kier molecular flexibility index (Phi) is 12.5. The third-order valence-corrected chi connectivity index (χ3v) is 10.2. The van der Waals surface area contributed by atoms with Crippen LogP contribution in [0.1, 0.15) is 72.7 Å². The van der Waals surface area contributed by atoms with Crippen molar-refractivity contribution >= 4 is 46.9 Å². The summed E-state index contributed by atoms with van der Waals surface area (Å²) in [5.74, 6) is 0.0603. The van der Waals surface area contributed by atoms with Gasteiger partial charge >= 0.3 is 0 Å². The summed E-state index contributed by atoms with van der Waals surface area (Å²) < 4.78 is 12.7. The molecule has 1 aromatic heterocycles. The normalized spacial score (nSPS) is 20.1. The van der Waals surface area contributed by atoms with Crippen molar-refractivity contribution in [1.29, 1.82) is 0 Å². The number of methoxy groups -OCH3 is 2. The van der Waals surface area contributed by atoms with Gasteiger partial charge in [-0.15, -0.1) is 12.4 Å². The number of fused-ring (bicyclic) bond motifs is 1. The zero-order valence-electron chi connectivity index (χ0n) is 28.4. The summed E-state index contributed by atoms with van der Waals surface area (Å²) in [6, 6.07) is 4.49. The standard InChI is InChI=1S/C34H50N6O6.ClH/c1-22(35-2)31(41)36-29(23-10-7-6-8-11-23)33(43)38-16-18-39(19-17-38)34(44)30-28(32(42)40-15-9-12-24(40)21-45-4)26-14-13-25(46-5)20-27(26)37(30)3;/h13-14,20,22-24,29,35H,6-12,15-19,21H2,1-5H3,(H,36,41);1H/t22-,24+,29-;/m0./s1. The molecule has 2 saturated heterocycles. The van der Waals surface area contributed by atoms with E-state index in [1.54, 1.807) is 42.6 Å². The van der Waals surface area contributed by atoms with Crippen LogP contribution in [0.3, 0.4) is 0 Å². The molecule has 4 amide bonds. The number of likely N-dealkylation sites (tertiary alicyclic amines) is 1. The number of carbonyl (C=O) groups excluding carboxylic acids is 4. The highest BCUT2D eigenvalue weighted by molar-refractivity contribution is 6.16. The van der Waals surface area contributed by atoms with Crippen LogP contribution in [-0.2, 0) is 21.4 Å². The van der Waals surface area contributed by atoms with Gasteiger partial charge in [0.15, 0.2) is 0 Å². The molecule has 13 heteroatoms. The highest BCUT2D eigenvalue weighted by Crippen LogP contribution is 2.33. The number of halogens is 1. The zero-order valence-corrected chi connectivity index (χ0v) is 29.2. The Morgan fingerprint density at radius 3 is 2.23 bits per heavy atom. The van der Waals surface area contributed by atoms with E-state index in [0.29, 0.717) is 61.7 Å². The molecule has 3 atom stereocenters. The maximum absolute atomic E-state index is 14.3. The largest absolute Gasteiger partial charge is 0.497 e. The predicted octanol–water partition coefficient (Wildman–Crippen LogP) is 2.82. The van der Waals surface area contributed by atoms with Gasteiger partial charge in [0.25, 0.3) is 11.8 Å². The van der Waals surface area contributed by atoms with Gasteiger partial charge in [0.1, 0.15) is 17.5 Å². The van der Waals surface area contributed by atoms with Gasteiger partial charge in [0.05, 0.1) is 36.9 Å². The Labute approximate surface area is 283 Å². The number of likely N-dealkylation sites (N-methyl/N-ethyl adjacent to an activating group) is 1. The van der Waals surface area contributed by atoms with E-state index in [9.17, 15) is 19.2 Å². The molecule has 0 bridgehead atoms. The number of amides is 4. The van der Waals surface area contributed by atoms with Crippen molar-refractivity contribution in [2.45, 2.75) is 70.0 Å². The molecule has 2 N–H and O–H groups in total. The van der Waals surface area contributed by atoms with Gasteiger partial charge in [-0.3, -0.25) is 19.2 Å². The van der Waals surface area contributed by atoms with E-state index in [-0.39, 0.29) is 48.0 Å². The van der Waals surface area contributed by atoms with E-state index in [0.717, 1.165) is 50.5 Å². The lowest BCUT2D eigenvalue weighted by atomic mass is 9.83. The first-order valence-electron chi connectivity index (χ1n) is 16.7. The lowest BCUT2D eigenvalue weighted by molar-refractivity contribution is -0.140. The van der Waals surface area contributed by atoms with E-state index in [1.807, 2.05) is 30.1 Å². The molecule has 0 radical (unpaired) electrons. The summed E-state index contributed by atoms with van der Waals surface area (Å²) in [6.45, 7) is 4.21. The van der Waals surface area contributed by atoms with Crippen LogP contribution in [0.25, 0.3) is 10.9 Å². The quantitative estimate of drug-likeness (QED) is 0.397. The van der Waals surface area contributed by atoms with Crippen molar-refractivity contribution in [3.63, 3.8) is 0 Å². The van der Waals surface area contributed by atoms with Gasteiger partial charge in [0, 0.05) is 58.3 Å². The van der Waals surface area contributed by atoms with Crippen molar-refractivity contribution in [2.24, 2.45) is 13.0 Å². The highest BCUT2D eigenvalue weighted by Gasteiger charge is 2.39. The third-order valence-electron chi connectivity index (χ3n) is 10.2. The van der Waals surface area contributed by atoms with Crippen molar-refractivity contribution in [1.82, 2.24) is 29.9 Å². The number of aromatic nitrogens is 1. The second kappa shape index (κ2) is 16.2. The van der Waals surface area contributed by atoms with E-state index in [1.165, 1.54) is 0 Å². The number of carbonyl (C=O) groups is 4. The fourth-order valence-corrected chi connectivity index (χ4v) is 7.36. The molecular formula is C34H51ClN6O6. The second-order valence-electron chi connectivity index (χ2n) is 12.9. The van der Waals surface area contributed by atoms with Gasteiger partial charge in [-0.1, -0.05) is 19.3 Å². The third kappa shape index (κ3) is 7.54. The van der Waals surface area contributed by atoms with Crippen LogP contribution in [0.4, 0.5) is 0 Å². The van der Waals surface area contributed by atoms with Crippen LogP contribution >= 0.6 is 12.4 Å². The average Bonchev–Trinajstić information content (AvgIpc) is 3.68. The molecule has 47 heavy (non-hydrogen) atoms. The number of rotatable bonds is 10. The first kappa shape index (κ1) is 36.5. The summed E-state index contributed by atoms with van der Waals surface area (Å²) in [5, 5.41) is 6.71. The van der Waals surface area contributed by atoms with Crippen LogP contribution in [0.15, 0.2) is 18.2 Å². The average molecular weight is 675 g/mol. The maximum atomic E-state index is 14.3. The van der Waals surface area contributed by atoms with Gasteiger partial charge in [-0.05, 0) is 57.7 Å². The Morgan fingerprint density at radius 2 is 1.60 bits per heavy atom.